The van der Waals surface area contributed by atoms with Crippen molar-refractivity contribution in [2.45, 2.75) is 309 Å². The number of phosphoric ester groups is 2. The van der Waals surface area contributed by atoms with E-state index in [1.165, 1.54) is 51.4 Å². The van der Waals surface area contributed by atoms with E-state index in [1.807, 2.05) is 0 Å². The largest absolute Gasteiger partial charge is 0.472 e. The lowest BCUT2D eigenvalue weighted by Crippen LogP contribution is -2.30. The van der Waals surface area contributed by atoms with Crippen LogP contribution in [0.1, 0.15) is 290 Å². The second-order valence-electron chi connectivity index (χ2n) is 24.4. The number of esters is 3. The number of carbonyl (C=O) groups excluding carboxylic acids is 3. The smallest absolute Gasteiger partial charge is 0.463 e. The summed E-state index contributed by atoms with van der Waals surface area (Å²) in [5, 5.41) is 20.6. The molecule has 546 valence electrons. The normalized spacial score (nSPS) is 14.8. The first-order valence-electron chi connectivity index (χ1n) is 36.8. The van der Waals surface area contributed by atoms with Crippen LogP contribution in [0.2, 0.25) is 0 Å². The Kier molecular flexibility index (Phi) is 66.9. The highest BCUT2D eigenvalue weighted by Gasteiger charge is 2.29. The number of rotatable bonds is 69. The number of hydrogen-bond donors (Lipinski definition) is 4. The van der Waals surface area contributed by atoms with E-state index in [0.717, 1.165) is 180 Å². The Morgan fingerprint density at radius 3 is 0.916 bits per heavy atom. The van der Waals surface area contributed by atoms with Gasteiger partial charge in [0, 0.05) is 19.3 Å². The van der Waals surface area contributed by atoms with Gasteiger partial charge in [0.2, 0.25) is 0 Å². The van der Waals surface area contributed by atoms with Crippen molar-refractivity contribution in [2.24, 2.45) is 0 Å². The van der Waals surface area contributed by atoms with Crippen LogP contribution in [-0.2, 0) is 55.8 Å². The molecule has 0 saturated carbocycles. The molecule has 0 bridgehead atoms. The Morgan fingerprint density at radius 2 is 0.558 bits per heavy atom. The van der Waals surface area contributed by atoms with Crippen LogP contribution in [0.15, 0.2) is 122 Å². The van der Waals surface area contributed by atoms with Gasteiger partial charge in [-0.2, -0.15) is 0 Å². The number of allylic oxidation sites excluding steroid dienone is 20. The molecule has 5 atom stereocenters. The van der Waals surface area contributed by atoms with Crippen LogP contribution in [0.5, 0.6) is 0 Å². The summed E-state index contributed by atoms with van der Waals surface area (Å²) in [6.07, 6.45) is 81.0. The van der Waals surface area contributed by atoms with Crippen LogP contribution in [0.4, 0.5) is 0 Å². The molecule has 16 nitrogen and oxygen atoms in total. The zero-order valence-corrected chi connectivity index (χ0v) is 61.1. The maximum absolute atomic E-state index is 12.9. The Balaban J connectivity index is 4.62. The lowest BCUT2D eigenvalue weighted by Gasteiger charge is -2.21. The molecule has 95 heavy (non-hydrogen) atoms. The monoisotopic (exact) mass is 1370 g/mol. The predicted molar refractivity (Wildman–Crippen MR) is 390 cm³/mol. The summed E-state index contributed by atoms with van der Waals surface area (Å²) in [6, 6.07) is 0. The van der Waals surface area contributed by atoms with Crippen molar-refractivity contribution in [1.29, 1.82) is 0 Å². The van der Waals surface area contributed by atoms with Gasteiger partial charge in [-0.1, -0.05) is 258 Å². The van der Waals surface area contributed by atoms with Gasteiger partial charge in [-0.05, 0) is 135 Å². The average Bonchev–Trinajstić information content (AvgIpc) is 1.91. The summed E-state index contributed by atoms with van der Waals surface area (Å²) in [7, 11) is -9.79. The van der Waals surface area contributed by atoms with Gasteiger partial charge in [0.05, 0.1) is 26.4 Å². The van der Waals surface area contributed by atoms with Gasteiger partial charge < -0.3 is 34.2 Å². The van der Waals surface area contributed by atoms with Gasteiger partial charge in [-0.15, -0.1) is 0 Å². The number of hydrogen-bond acceptors (Lipinski definition) is 14. The minimum absolute atomic E-state index is 0.0898. The van der Waals surface area contributed by atoms with Crippen LogP contribution >= 0.6 is 15.6 Å². The van der Waals surface area contributed by atoms with Gasteiger partial charge in [-0.25, -0.2) is 9.13 Å². The molecule has 0 aromatic heterocycles. The Bertz CT molecular complexity index is 2210. The maximum atomic E-state index is 12.9. The van der Waals surface area contributed by atoms with E-state index in [9.17, 15) is 43.5 Å². The molecule has 0 aliphatic heterocycles. The van der Waals surface area contributed by atoms with Gasteiger partial charge in [-0.3, -0.25) is 32.5 Å². The second kappa shape index (κ2) is 69.8. The molecule has 0 rings (SSSR count). The first kappa shape index (κ1) is 91.0. The topological polar surface area (TPSA) is 231 Å². The van der Waals surface area contributed by atoms with Gasteiger partial charge in [0.25, 0.3) is 0 Å². The molecule has 18 heteroatoms. The van der Waals surface area contributed by atoms with Crippen molar-refractivity contribution in [3.05, 3.63) is 122 Å². The third-order valence-electron chi connectivity index (χ3n) is 15.1. The molecule has 5 unspecified atom stereocenters. The van der Waals surface area contributed by atoms with Crippen LogP contribution in [0.3, 0.4) is 0 Å². The van der Waals surface area contributed by atoms with Crippen molar-refractivity contribution in [3.63, 3.8) is 0 Å². The van der Waals surface area contributed by atoms with E-state index in [1.54, 1.807) is 0 Å². The fourth-order valence-electron chi connectivity index (χ4n) is 9.52. The van der Waals surface area contributed by atoms with Gasteiger partial charge >= 0.3 is 33.6 Å². The minimum atomic E-state index is -4.93. The van der Waals surface area contributed by atoms with E-state index >= 15 is 0 Å². The van der Waals surface area contributed by atoms with E-state index in [-0.39, 0.29) is 19.3 Å². The molecule has 4 N–H and O–H groups in total. The van der Waals surface area contributed by atoms with E-state index < -0.39 is 91.5 Å². The number of aliphatic hydroxyl groups excluding tert-OH is 2. The SMILES string of the molecule is CC/C=C\C/C=C\C/C=C\C/C=C\C/C=C\CCCCCCCCCC(=O)OCC(O)COP(=O)(O)OCC(O)COP(=O)(O)OCC(COC(=O)CCCCCCCCC/C=C\C/C=C\C/C=C\C/C=C\CCCCC)OC(=O)CCCCCCC/C=C\CCCCCC. The van der Waals surface area contributed by atoms with Crippen LogP contribution in [0.25, 0.3) is 0 Å². The van der Waals surface area contributed by atoms with E-state index in [2.05, 4.69) is 142 Å². The quantitative estimate of drug-likeness (QED) is 0.0146. The van der Waals surface area contributed by atoms with Crippen LogP contribution in [0, 0.1) is 0 Å². The molecule has 0 radical (unpaired) electrons. The number of ether oxygens (including phenoxy) is 3. The van der Waals surface area contributed by atoms with Crippen molar-refractivity contribution >= 4 is 33.6 Å². The molecular weight excluding hydrogens is 1240 g/mol. The summed E-state index contributed by atoms with van der Waals surface area (Å²) >= 11 is 0. The molecule has 0 aromatic rings. The third-order valence-corrected chi connectivity index (χ3v) is 17.0. The molecule has 0 spiro atoms. The summed E-state index contributed by atoms with van der Waals surface area (Å²) in [4.78, 5) is 58.5. The Labute approximate surface area is 576 Å². The fraction of sp³-hybridized carbons (Fsp3) is 0.701. The lowest BCUT2D eigenvalue weighted by atomic mass is 10.1. The molecule has 0 fully saturated rings. The Hall–Kier alpha value is -4.05. The number of aliphatic hydroxyl groups is 2. The van der Waals surface area contributed by atoms with E-state index in [4.69, 9.17) is 32.3 Å². The lowest BCUT2D eigenvalue weighted by molar-refractivity contribution is -0.161. The number of phosphoric acid groups is 2. The zero-order chi connectivity index (χ0) is 69.5. The molecule has 0 aliphatic rings. The highest BCUT2D eigenvalue weighted by atomic mass is 31.2. The van der Waals surface area contributed by atoms with Crippen molar-refractivity contribution < 1.29 is 75.8 Å². The fourth-order valence-corrected chi connectivity index (χ4v) is 11.1. The highest BCUT2D eigenvalue weighted by molar-refractivity contribution is 7.47. The van der Waals surface area contributed by atoms with Gasteiger partial charge in [0.1, 0.15) is 25.4 Å². The van der Waals surface area contributed by atoms with Gasteiger partial charge in [0.15, 0.2) is 6.10 Å². The standard InChI is InChI=1S/C77H132O16P2/c1-4-7-10-13-16-19-22-25-27-29-31-33-35-37-39-41-43-46-48-51-54-57-60-63-75(80)87-66-72(78)67-89-94(83,84)90-68-73(79)69-91-95(85,86)92-71-74(93-77(82)65-62-59-56-53-50-45-24-21-18-15-12-9-6-3)70-88-76(81)64-61-58-55-52-49-47-44-42-40-38-36-34-32-30-28-26-23-20-17-14-11-8-5-2/h7,10,16-17,19-21,24-28,31-34,37-40,72-74,78-79H,4-6,8-9,11-15,18,22-23,29-30,35-36,41-71H2,1-3H3,(H,83,84)(H,85,86)/b10-7-,19-16-,20-17-,24-21-,27-25-,28-26-,33-31-,34-32-,39-37-,40-38-. The summed E-state index contributed by atoms with van der Waals surface area (Å²) in [5.74, 6) is -1.61. The molecule has 0 saturated heterocycles. The minimum Gasteiger partial charge on any atom is -0.463 e. The maximum Gasteiger partial charge on any atom is 0.472 e. The molecule has 0 aromatic carbocycles. The van der Waals surface area contributed by atoms with Crippen molar-refractivity contribution in [1.82, 2.24) is 0 Å². The molecule has 0 heterocycles. The first-order chi connectivity index (χ1) is 46.2. The number of carbonyl (C=O) groups is 3. The van der Waals surface area contributed by atoms with Crippen LogP contribution in [-0.4, -0.2) is 95.9 Å². The van der Waals surface area contributed by atoms with Crippen molar-refractivity contribution in [3.8, 4) is 0 Å². The number of unbranched alkanes of at least 4 members (excludes halogenated alkanes) is 26. The molecular formula is C77H132O16P2. The Morgan fingerprint density at radius 1 is 0.305 bits per heavy atom. The third kappa shape index (κ3) is 71.1. The summed E-state index contributed by atoms with van der Waals surface area (Å²) in [6.45, 7) is 2.48. The van der Waals surface area contributed by atoms with Crippen molar-refractivity contribution in [2.75, 3.05) is 39.6 Å². The highest BCUT2D eigenvalue weighted by Crippen LogP contribution is 2.45. The first-order valence-corrected chi connectivity index (χ1v) is 39.8. The molecule has 0 aliphatic carbocycles. The summed E-state index contributed by atoms with van der Waals surface area (Å²) < 4.78 is 61.0. The van der Waals surface area contributed by atoms with Crippen LogP contribution < -0.4 is 0 Å². The second-order valence-corrected chi connectivity index (χ2v) is 27.3. The summed E-state index contributed by atoms with van der Waals surface area (Å²) in [5.41, 5.74) is 0. The average molecular weight is 1380 g/mol. The van der Waals surface area contributed by atoms with E-state index in [0.29, 0.717) is 19.3 Å². The zero-order valence-electron chi connectivity index (χ0n) is 59.3. The predicted octanol–water partition coefficient (Wildman–Crippen LogP) is 21.0. The molecule has 0 amide bonds.